The molecule has 0 heterocycles. The zero-order valence-electron chi connectivity index (χ0n) is 12.7. The highest BCUT2D eigenvalue weighted by molar-refractivity contribution is 5.27. The van der Waals surface area contributed by atoms with Crippen LogP contribution in [0.1, 0.15) is 38.2 Å². The summed E-state index contributed by atoms with van der Waals surface area (Å²) >= 11 is 0. The molecule has 0 radical (unpaired) electrons. The third-order valence-electron chi connectivity index (χ3n) is 4.07. The smallest absolute Gasteiger partial charge is 0.118 e. The van der Waals surface area contributed by atoms with Gasteiger partial charge in [-0.3, -0.25) is 0 Å². The molecule has 1 aliphatic carbocycles. The van der Waals surface area contributed by atoms with Crippen molar-refractivity contribution in [2.75, 3.05) is 20.3 Å². The Morgan fingerprint density at radius 1 is 1.10 bits per heavy atom. The summed E-state index contributed by atoms with van der Waals surface area (Å²) in [5.41, 5.74) is 1.31. The summed E-state index contributed by atoms with van der Waals surface area (Å²) in [7, 11) is 1.70. The van der Waals surface area contributed by atoms with Crippen molar-refractivity contribution in [2.45, 2.75) is 51.2 Å². The largest absolute Gasteiger partial charge is 0.497 e. The molecule has 1 saturated carbocycles. The molecular weight excluding hydrogens is 250 g/mol. The summed E-state index contributed by atoms with van der Waals surface area (Å²) in [6, 6.07) is 8.96. The molecule has 0 atom stereocenters. The fourth-order valence-electron chi connectivity index (χ4n) is 2.86. The van der Waals surface area contributed by atoms with Crippen LogP contribution in [-0.2, 0) is 11.2 Å². The Labute approximate surface area is 122 Å². The van der Waals surface area contributed by atoms with Crippen LogP contribution in [0.25, 0.3) is 0 Å². The van der Waals surface area contributed by atoms with Gasteiger partial charge >= 0.3 is 0 Å². The van der Waals surface area contributed by atoms with E-state index in [-0.39, 0.29) is 0 Å². The molecule has 0 aliphatic heterocycles. The third-order valence-corrected chi connectivity index (χ3v) is 4.07. The van der Waals surface area contributed by atoms with Gasteiger partial charge in [0.05, 0.1) is 19.8 Å². The maximum absolute atomic E-state index is 6.01. The zero-order valence-corrected chi connectivity index (χ0v) is 12.7. The first-order valence-corrected chi connectivity index (χ1v) is 7.79. The van der Waals surface area contributed by atoms with Crippen LogP contribution < -0.4 is 10.1 Å². The van der Waals surface area contributed by atoms with Gasteiger partial charge in [-0.2, -0.15) is 0 Å². The molecule has 2 rings (SSSR count). The van der Waals surface area contributed by atoms with Crippen LogP contribution in [0, 0.1) is 0 Å². The first-order valence-electron chi connectivity index (χ1n) is 7.79. The minimum Gasteiger partial charge on any atom is -0.497 e. The van der Waals surface area contributed by atoms with E-state index in [0.29, 0.717) is 12.1 Å². The van der Waals surface area contributed by atoms with E-state index in [9.17, 15) is 0 Å². The molecule has 0 amide bonds. The van der Waals surface area contributed by atoms with Gasteiger partial charge in [-0.15, -0.1) is 0 Å². The van der Waals surface area contributed by atoms with Gasteiger partial charge in [-0.05, 0) is 56.3 Å². The number of methoxy groups -OCH3 is 1. The summed E-state index contributed by atoms with van der Waals surface area (Å²) in [5.74, 6) is 0.913. The lowest BCUT2D eigenvalue weighted by Gasteiger charge is -2.29. The van der Waals surface area contributed by atoms with Gasteiger partial charge in [0.15, 0.2) is 0 Å². The van der Waals surface area contributed by atoms with E-state index in [1.807, 2.05) is 12.1 Å². The molecule has 3 heteroatoms. The molecule has 0 bridgehead atoms. The van der Waals surface area contributed by atoms with Gasteiger partial charge in [-0.1, -0.05) is 19.1 Å². The van der Waals surface area contributed by atoms with Crippen LogP contribution in [0.4, 0.5) is 0 Å². The molecule has 0 unspecified atom stereocenters. The lowest BCUT2D eigenvalue weighted by Crippen LogP contribution is -2.35. The molecule has 3 nitrogen and oxygen atoms in total. The summed E-state index contributed by atoms with van der Waals surface area (Å²) in [5, 5.41) is 3.53. The van der Waals surface area contributed by atoms with Crippen molar-refractivity contribution >= 4 is 0 Å². The van der Waals surface area contributed by atoms with E-state index in [1.54, 1.807) is 7.11 Å². The predicted octanol–water partition coefficient (Wildman–Crippen LogP) is 3.18. The highest BCUT2D eigenvalue weighted by Crippen LogP contribution is 2.21. The summed E-state index contributed by atoms with van der Waals surface area (Å²) in [6.07, 6.45) is 6.34. The van der Waals surface area contributed by atoms with Crippen molar-refractivity contribution in [2.24, 2.45) is 0 Å². The SMILES string of the molecule is CCNC1CCC(OCCc2ccc(OC)cc2)CC1. The number of ether oxygens (including phenoxy) is 2. The molecule has 20 heavy (non-hydrogen) atoms. The molecule has 1 N–H and O–H groups in total. The first kappa shape index (κ1) is 15.3. The molecule has 1 aliphatic rings. The number of hydrogen-bond acceptors (Lipinski definition) is 3. The second-order valence-corrected chi connectivity index (χ2v) is 5.50. The Bertz CT molecular complexity index is 369. The molecule has 1 aromatic rings. The summed E-state index contributed by atoms with van der Waals surface area (Å²) in [6.45, 7) is 4.08. The van der Waals surface area contributed by atoms with Gasteiger partial charge in [0.2, 0.25) is 0 Å². The van der Waals surface area contributed by atoms with E-state index in [0.717, 1.165) is 25.3 Å². The van der Waals surface area contributed by atoms with Crippen LogP contribution in [0.2, 0.25) is 0 Å². The lowest BCUT2D eigenvalue weighted by molar-refractivity contribution is 0.0244. The molecule has 0 saturated heterocycles. The van der Waals surface area contributed by atoms with Gasteiger partial charge in [0.1, 0.15) is 5.75 Å². The monoisotopic (exact) mass is 277 g/mol. The number of rotatable bonds is 7. The van der Waals surface area contributed by atoms with Crippen LogP contribution in [0.3, 0.4) is 0 Å². The molecule has 0 spiro atoms. The van der Waals surface area contributed by atoms with E-state index < -0.39 is 0 Å². The van der Waals surface area contributed by atoms with Crippen molar-refractivity contribution in [1.29, 1.82) is 0 Å². The number of hydrogen-bond donors (Lipinski definition) is 1. The second kappa shape index (κ2) is 8.28. The van der Waals surface area contributed by atoms with Crippen molar-refractivity contribution in [3.63, 3.8) is 0 Å². The van der Waals surface area contributed by atoms with Crippen molar-refractivity contribution in [1.82, 2.24) is 5.32 Å². The van der Waals surface area contributed by atoms with Crippen LogP contribution in [0.15, 0.2) is 24.3 Å². The standard InChI is InChI=1S/C17H27NO2/c1-3-18-15-6-10-17(11-7-15)20-13-12-14-4-8-16(19-2)9-5-14/h4-5,8-9,15,17-18H,3,6-7,10-13H2,1-2H3. The lowest BCUT2D eigenvalue weighted by atomic mass is 9.93. The average molecular weight is 277 g/mol. The molecule has 1 fully saturated rings. The highest BCUT2D eigenvalue weighted by atomic mass is 16.5. The Hall–Kier alpha value is -1.06. The summed E-state index contributed by atoms with van der Waals surface area (Å²) < 4.78 is 11.2. The van der Waals surface area contributed by atoms with Gasteiger partial charge < -0.3 is 14.8 Å². The van der Waals surface area contributed by atoms with Gasteiger partial charge in [0.25, 0.3) is 0 Å². The van der Waals surface area contributed by atoms with E-state index >= 15 is 0 Å². The summed E-state index contributed by atoms with van der Waals surface area (Å²) in [4.78, 5) is 0. The first-order chi connectivity index (χ1) is 9.81. The minimum atomic E-state index is 0.461. The Balaban J connectivity index is 1.63. The Morgan fingerprint density at radius 3 is 2.40 bits per heavy atom. The quantitative estimate of drug-likeness (QED) is 0.830. The highest BCUT2D eigenvalue weighted by Gasteiger charge is 2.20. The number of nitrogens with one attached hydrogen (secondary N) is 1. The van der Waals surface area contributed by atoms with Crippen molar-refractivity contribution in [3.8, 4) is 5.75 Å². The van der Waals surface area contributed by atoms with Crippen molar-refractivity contribution < 1.29 is 9.47 Å². The molecule has 0 aromatic heterocycles. The minimum absolute atomic E-state index is 0.461. The van der Waals surface area contributed by atoms with E-state index in [1.165, 1.54) is 31.2 Å². The topological polar surface area (TPSA) is 30.5 Å². The van der Waals surface area contributed by atoms with Crippen molar-refractivity contribution in [3.05, 3.63) is 29.8 Å². The molecule has 112 valence electrons. The van der Waals surface area contributed by atoms with E-state index in [4.69, 9.17) is 9.47 Å². The van der Waals surface area contributed by atoms with Crippen LogP contribution in [0.5, 0.6) is 5.75 Å². The van der Waals surface area contributed by atoms with E-state index in [2.05, 4.69) is 24.4 Å². The normalized spacial score (nSPS) is 22.7. The maximum atomic E-state index is 6.01. The zero-order chi connectivity index (χ0) is 14.2. The predicted molar refractivity (Wildman–Crippen MR) is 82.4 cm³/mol. The Morgan fingerprint density at radius 2 is 1.80 bits per heavy atom. The Kier molecular flexibility index (Phi) is 6.34. The fraction of sp³-hybridized carbons (Fsp3) is 0.647. The van der Waals surface area contributed by atoms with Crippen LogP contribution in [-0.4, -0.2) is 32.4 Å². The fourth-order valence-corrected chi connectivity index (χ4v) is 2.86. The molecule has 1 aromatic carbocycles. The van der Waals surface area contributed by atoms with Gasteiger partial charge in [0, 0.05) is 6.04 Å². The number of benzene rings is 1. The maximum Gasteiger partial charge on any atom is 0.118 e. The third kappa shape index (κ3) is 4.80. The van der Waals surface area contributed by atoms with Crippen LogP contribution >= 0.6 is 0 Å². The van der Waals surface area contributed by atoms with Gasteiger partial charge in [-0.25, -0.2) is 0 Å². The average Bonchev–Trinajstić information content (AvgIpc) is 2.50. The second-order valence-electron chi connectivity index (χ2n) is 5.50. The molecular formula is C17H27NO2.